The highest BCUT2D eigenvalue weighted by Gasteiger charge is 2.29. The van der Waals surface area contributed by atoms with Crippen molar-refractivity contribution in [1.82, 2.24) is 20.9 Å². The van der Waals surface area contributed by atoms with Gasteiger partial charge in [-0.3, -0.25) is 9.63 Å². The van der Waals surface area contributed by atoms with E-state index in [2.05, 4.69) is 20.3 Å². The van der Waals surface area contributed by atoms with Crippen LogP contribution < -0.4 is 10.8 Å². The topological polar surface area (TPSA) is 89.3 Å². The monoisotopic (exact) mass is 280 g/mol. The Morgan fingerprint density at radius 3 is 3.00 bits per heavy atom. The van der Waals surface area contributed by atoms with E-state index in [4.69, 9.17) is 4.52 Å². The van der Waals surface area contributed by atoms with Gasteiger partial charge in [0.1, 0.15) is 0 Å². The van der Waals surface area contributed by atoms with Gasteiger partial charge in [0.25, 0.3) is 5.82 Å². The van der Waals surface area contributed by atoms with Gasteiger partial charge in [0.2, 0.25) is 5.89 Å². The molecule has 7 nitrogen and oxygen atoms in total. The maximum Gasteiger partial charge on any atom is 0.414 e. The lowest BCUT2D eigenvalue weighted by Crippen LogP contribution is -2.30. The van der Waals surface area contributed by atoms with Crippen LogP contribution >= 0.6 is 0 Å². The molecule has 1 aliphatic heterocycles. The Bertz CT molecular complexity index is 442. The predicted molar refractivity (Wildman–Crippen MR) is 53.7 cm³/mol. The minimum absolute atomic E-state index is 0.120. The van der Waals surface area contributed by atoms with Crippen molar-refractivity contribution in [2.45, 2.75) is 25.1 Å². The van der Waals surface area contributed by atoms with Gasteiger partial charge in [-0.25, -0.2) is 5.48 Å². The number of hydrogen-bond acceptors (Lipinski definition) is 6. The summed E-state index contributed by atoms with van der Waals surface area (Å²) in [4.78, 5) is 19.1. The Morgan fingerprint density at radius 2 is 2.37 bits per heavy atom. The van der Waals surface area contributed by atoms with Crippen LogP contribution in [0, 0.1) is 0 Å². The van der Waals surface area contributed by atoms with Gasteiger partial charge >= 0.3 is 12.1 Å². The number of alkyl halides is 3. The second-order valence-electron chi connectivity index (χ2n) is 3.94. The number of aromatic nitrogens is 2. The van der Waals surface area contributed by atoms with E-state index < -0.39 is 18.7 Å². The predicted octanol–water partition coefficient (Wildman–Crippen LogP) is 0.718. The average molecular weight is 280 g/mol. The van der Waals surface area contributed by atoms with E-state index in [0.717, 1.165) is 19.4 Å². The molecule has 1 unspecified atom stereocenters. The van der Waals surface area contributed by atoms with Crippen molar-refractivity contribution >= 4 is 5.91 Å². The summed E-state index contributed by atoms with van der Waals surface area (Å²) in [5.74, 6) is -1.12. The Hall–Kier alpha value is -1.68. The summed E-state index contributed by atoms with van der Waals surface area (Å²) >= 11 is 0. The number of amides is 1. The molecule has 0 spiro atoms. The molecule has 1 aromatic rings. The van der Waals surface area contributed by atoms with Crippen LogP contribution in [0.1, 0.15) is 35.4 Å². The number of nitrogens with zero attached hydrogens (tertiary/aromatic N) is 2. The molecule has 10 heteroatoms. The molecule has 1 atom stereocenters. The summed E-state index contributed by atoms with van der Waals surface area (Å²) < 4.78 is 40.2. The molecule has 19 heavy (non-hydrogen) atoms. The number of carbonyl (C=O) groups excluding carboxylic acids is 1. The Labute approximate surface area is 105 Å². The number of rotatable bonds is 4. The molecule has 2 N–H and O–H groups in total. The molecule has 2 heterocycles. The first-order valence-corrected chi connectivity index (χ1v) is 5.51. The normalized spacial score (nSPS) is 19.6. The second-order valence-corrected chi connectivity index (χ2v) is 3.94. The van der Waals surface area contributed by atoms with E-state index in [1.807, 2.05) is 0 Å². The molecule has 1 aromatic heterocycles. The quantitative estimate of drug-likeness (QED) is 0.790. The number of hydroxylamine groups is 1. The van der Waals surface area contributed by atoms with Crippen molar-refractivity contribution < 1.29 is 27.3 Å². The van der Waals surface area contributed by atoms with Crippen LogP contribution in [-0.4, -0.2) is 35.4 Å². The van der Waals surface area contributed by atoms with E-state index >= 15 is 0 Å². The lowest BCUT2D eigenvalue weighted by molar-refractivity contribution is -0.184. The number of halogens is 3. The lowest BCUT2D eigenvalue weighted by Gasteiger charge is -2.06. The van der Waals surface area contributed by atoms with E-state index in [1.165, 1.54) is 0 Å². The van der Waals surface area contributed by atoms with Crippen LogP contribution in [0.5, 0.6) is 0 Å². The Morgan fingerprint density at radius 1 is 1.58 bits per heavy atom. The molecule has 0 bridgehead atoms. The first kappa shape index (κ1) is 13.7. The highest BCUT2D eigenvalue weighted by molar-refractivity contribution is 5.89. The fourth-order valence-corrected chi connectivity index (χ4v) is 1.59. The summed E-state index contributed by atoms with van der Waals surface area (Å²) in [5.41, 5.74) is 1.60. The molecule has 1 saturated heterocycles. The highest BCUT2D eigenvalue weighted by Crippen LogP contribution is 2.21. The van der Waals surface area contributed by atoms with Crippen LogP contribution in [-0.2, 0) is 4.84 Å². The van der Waals surface area contributed by atoms with E-state index in [-0.39, 0.29) is 17.8 Å². The second kappa shape index (κ2) is 5.53. The largest absolute Gasteiger partial charge is 0.414 e. The van der Waals surface area contributed by atoms with Crippen molar-refractivity contribution in [1.29, 1.82) is 0 Å². The maximum absolute atomic E-state index is 11.8. The molecular formula is C9H11F3N4O3. The molecule has 106 valence electrons. The first-order valence-electron chi connectivity index (χ1n) is 5.51. The van der Waals surface area contributed by atoms with Crippen LogP contribution in [0.2, 0.25) is 0 Å². The summed E-state index contributed by atoms with van der Waals surface area (Å²) in [5, 5.41) is 6.46. The van der Waals surface area contributed by atoms with Gasteiger partial charge in [0.05, 0.1) is 6.04 Å². The minimum atomic E-state index is -4.52. The summed E-state index contributed by atoms with van der Waals surface area (Å²) in [6.07, 6.45) is -2.78. The zero-order valence-corrected chi connectivity index (χ0v) is 9.66. The fraction of sp³-hybridized carbons (Fsp3) is 0.667. The first-order chi connectivity index (χ1) is 8.96. The average Bonchev–Trinajstić information content (AvgIpc) is 2.98. The minimum Gasteiger partial charge on any atom is -0.337 e. The summed E-state index contributed by atoms with van der Waals surface area (Å²) in [6, 6.07) is -0.120. The summed E-state index contributed by atoms with van der Waals surface area (Å²) in [6.45, 7) is -0.781. The third-order valence-electron chi connectivity index (χ3n) is 2.40. The molecular weight excluding hydrogens is 269 g/mol. The van der Waals surface area contributed by atoms with Crippen LogP contribution in [0.25, 0.3) is 0 Å². The molecule has 0 aromatic carbocycles. The van der Waals surface area contributed by atoms with Crippen molar-refractivity contribution in [2.75, 3.05) is 13.2 Å². The van der Waals surface area contributed by atoms with E-state index in [0.29, 0.717) is 0 Å². The van der Waals surface area contributed by atoms with Gasteiger partial charge in [0.15, 0.2) is 6.61 Å². The van der Waals surface area contributed by atoms with Gasteiger partial charge in [-0.2, -0.15) is 18.2 Å². The maximum atomic E-state index is 11.8. The zero-order valence-electron chi connectivity index (χ0n) is 9.66. The SMILES string of the molecule is O=C(NOCC(F)(F)F)c1noc(C2CCCN2)n1. The van der Waals surface area contributed by atoms with E-state index in [1.54, 1.807) is 5.48 Å². The fourth-order valence-electron chi connectivity index (χ4n) is 1.59. The van der Waals surface area contributed by atoms with Crippen molar-refractivity contribution in [2.24, 2.45) is 0 Å². The zero-order chi connectivity index (χ0) is 13.9. The molecule has 0 radical (unpaired) electrons. The molecule has 1 fully saturated rings. The third-order valence-corrected chi connectivity index (χ3v) is 2.40. The van der Waals surface area contributed by atoms with Gasteiger partial charge in [-0.05, 0) is 19.4 Å². The Kier molecular flexibility index (Phi) is 4.00. The number of carbonyl (C=O) groups is 1. The van der Waals surface area contributed by atoms with Crippen molar-refractivity contribution in [3.63, 3.8) is 0 Å². The molecule has 0 saturated carbocycles. The highest BCUT2D eigenvalue weighted by atomic mass is 19.4. The van der Waals surface area contributed by atoms with Gasteiger partial charge in [-0.1, -0.05) is 5.16 Å². The molecule has 1 amide bonds. The van der Waals surface area contributed by atoms with Gasteiger partial charge in [-0.15, -0.1) is 0 Å². The standard InChI is InChI=1S/C9H11F3N4O3/c10-9(11,12)4-18-16-7(17)6-14-8(19-15-6)5-2-1-3-13-5/h5,13H,1-4H2,(H,16,17). The van der Waals surface area contributed by atoms with Gasteiger partial charge < -0.3 is 9.84 Å². The molecule has 1 aliphatic rings. The number of nitrogens with one attached hydrogen (secondary N) is 2. The molecule has 2 rings (SSSR count). The van der Waals surface area contributed by atoms with Crippen LogP contribution in [0.15, 0.2) is 4.52 Å². The molecule has 0 aliphatic carbocycles. The van der Waals surface area contributed by atoms with Crippen LogP contribution in [0.4, 0.5) is 13.2 Å². The number of hydrogen-bond donors (Lipinski definition) is 2. The Balaban J connectivity index is 1.85. The van der Waals surface area contributed by atoms with Crippen molar-refractivity contribution in [3.8, 4) is 0 Å². The van der Waals surface area contributed by atoms with Crippen LogP contribution in [0.3, 0.4) is 0 Å². The smallest absolute Gasteiger partial charge is 0.337 e. The lowest BCUT2D eigenvalue weighted by atomic mass is 10.2. The van der Waals surface area contributed by atoms with Gasteiger partial charge in [0, 0.05) is 0 Å². The van der Waals surface area contributed by atoms with Crippen molar-refractivity contribution in [3.05, 3.63) is 11.7 Å². The third kappa shape index (κ3) is 3.89. The van der Waals surface area contributed by atoms with E-state index in [9.17, 15) is 18.0 Å². The summed E-state index contributed by atoms with van der Waals surface area (Å²) in [7, 11) is 0.